The predicted octanol–water partition coefficient (Wildman–Crippen LogP) is -1.45. The van der Waals surface area contributed by atoms with Crippen LogP contribution in [0.3, 0.4) is 0 Å². The van der Waals surface area contributed by atoms with Gasteiger partial charge in [0.05, 0.1) is 13.1 Å². The number of rotatable bonds is 1. The number of quaternary nitrogens is 1. The van der Waals surface area contributed by atoms with Crippen LogP contribution in [-0.4, -0.2) is 19.1 Å². The first-order valence-corrected chi connectivity index (χ1v) is 5.55. The summed E-state index contributed by atoms with van der Waals surface area (Å²) in [4.78, 5) is 12.7. The molecule has 1 heterocycles. The third kappa shape index (κ3) is 3.37. The standard InChI is InChI=1S/C11H13ClN2O.ClH/c12-9-3-5-10(6-4-9)13-11(15)14-7-1-2-8-14;/h3-6H,1-2,7-8H2,(H,13,15);1H. The van der Waals surface area contributed by atoms with Crippen LogP contribution in [0.5, 0.6) is 0 Å². The van der Waals surface area contributed by atoms with E-state index in [1.165, 1.54) is 0 Å². The molecule has 2 N–H and O–H groups in total. The highest BCUT2D eigenvalue weighted by atomic mass is 35.5. The average molecular weight is 261 g/mol. The first kappa shape index (κ1) is 13.3. The summed E-state index contributed by atoms with van der Waals surface area (Å²) < 4.78 is 0. The average Bonchev–Trinajstić information content (AvgIpc) is 2.74. The molecule has 0 spiro atoms. The van der Waals surface area contributed by atoms with Crippen molar-refractivity contribution >= 4 is 23.3 Å². The molecule has 1 saturated heterocycles. The molecule has 1 aromatic carbocycles. The second-order valence-electron chi connectivity index (χ2n) is 3.77. The number of hydrogen-bond acceptors (Lipinski definition) is 1. The molecule has 0 atom stereocenters. The van der Waals surface area contributed by atoms with Crippen LogP contribution >= 0.6 is 11.6 Å². The molecular weight excluding hydrogens is 247 g/mol. The largest absolute Gasteiger partial charge is 1.00 e. The third-order valence-corrected chi connectivity index (χ3v) is 2.88. The van der Waals surface area contributed by atoms with Crippen molar-refractivity contribution in [2.75, 3.05) is 18.4 Å². The van der Waals surface area contributed by atoms with Gasteiger partial charge in [0.15, 0.2) is 0 Å². The van der Waals surface area contributed by atoms with E-state index in [0.29, 0.717) is 5.02 Å². The van der Waals surface area contributed by atoms with Crippen molar-refractivity contribution in [3.63, 3.8) is 0 Å². The Kier molecular flexibility index (Phi) is 5.06. The Morgan fingerprint density at radius 1 is 1.19 bits per heavy atom. The Morgan fingerprint density at radius 3 is 2.31 bits per heavy atom. The van der Waals surface area contributed by atoms with Gasteiger partial charge in [0.25, 0.3) is 0 Å². The zero-order chi connectivity index (χ0) is 10.7. The molecule has 1 aromatic rings. The van der Waals surface area contributed by atoms with Crippen LogP contribution in [0.2, 0.25) is 5.02 Å². The summed E-state index contributed by atoms with van der Waals surface area (Å²) in [5.41, 5.74) is 0.809. The van der Waals surface area contributed by atoms with E-state index in [-0.39, 0.29) is 18.4 Å². The fourth-order valence-electron chi connectivity index (χ4n) is 1.78. The molecule has 0 radical (unpaired) electrons. The minimum absolute atomic E-state index is 0. The topological polar surface area (TPSA) is 33.5 Å². The Labute approximate surface area is 106 Å². The third-order valence-electron chi connectivity index (χ3n) is 2.63. The van der Waals surface area contributed by atoms with Gasteiger partial charge >= 0.3 is 6.03 Å². The molecule has 3 nitrogen and oxygen atoms in total. The molecule has 0 bridgehead atoms. The summed E-state index contributed by atoms with van der Waals surface area (Å²) in [6.07, 6.45) is 2.28. The lowest BCUT2D eigenvalue weighted by atomic mass is 10.3. The van der Waals surface area contributed by atoms with Crippen molar-refractivity contribution in [2.24, 2.45) is 0 Å². The van der Waals surface area contributed by atoms with E-state index in [2.05, 4.69) is 5.32 Å². The van der Waals surface area contributed by atoms with Crippen LogP contribution in [-0.2, 0) is 0 Å². The fourth-order valence-corrected chi connectivity index (χ4v) is 1.91. The monoisotopic (exact) mass is 260 g/mol. The summed E-state index contributed by atoms with van der Waals surface area (Å²) in [5, 5.41) is 3.56. The lowest BCUT2D eigenvalue weighted by Crippen LogP contribution is -3.13. The molecule has 2 rings (SSSR count). The maximum absolute atomic E-state index is 11.7. The first-order valence-electron chi connectivity index (χ1n) is 5.17. The fraction of sp³-hybridized carbons (Fsp3) is 0.364. The van der Waals surface area contributed by atoms with E-state index in [4.69, 9.17) is 11.6 Å². The van der Waals surface area contributed by atoms with Crippen molar-refractivity contribution in [2.45, 2.75) is 12.8 Å². The summed E-state index contributed by atoms with van der Waals surface area (Å²) in [5.74, 6) is 0. The summed E-state index contributed by atoms with van der Waals surface area (Å²) in [6.45, 7) is 1.89. The van der Waals surface area contributed by atoms with Crippen molar-refractivity contribution in [3.8, 4) is 0 Å². The highest BCUT2D eigenvalue weighted by Crippen LogP contribution is 2.12. The van der Waals surface area contributed by atoms with Crippen molar-refractivity contribution in [1.29, 1.82) is 0 Å². The van der Waals surface area contributed by atoms with Crippen LogP contribution in [0.15, 0.2) is 24.3 Å². The lowest BCUT2D eigenvalue weighted by molar-refractivity contribution is -0.798. The number of hydrogen-bond donors (Lipinski definition) is 2. The molecule has 0 aliphatic carbocycles. The highest BCUT2D eigenvalue weighted by molar-refractivity contribution is 6.30. The highest BCUT2D eigenvalue weighted by Gasteiger charge is 2.23. The van der Waals surface area contributed by atoms with E-state index in [1.54, 1.807) is 12.1 Å². The number of anilines is 1. The second kappa shape index (κ2) is 6.09. The van der Waals surface area contributed by atoms with Crippen molar-refractivity contribution in [1.82, 2.24) is 0 Å². The number of amides is 2. The van der Waals surface area contributed by atoms with E-state index in [1.807, 2.05) is 12.1 Å². The summed E-state index contributed by atoms with van der Waals surface area (Å²) in [7, 11) is 0. The molecule has 1 aliphatic rings. The second-order valence-corrected chi connectivity index (χ2v) is 4.21. The molecule has 0 saturated carbocycles. The maximum Gasteiger partial charge on any atom is 0.419 e. The quantitative estimate of drug-likeness (QED) is 0.637. The van der Waals surface area contributed by atoms with Crippen LogP contribution in [0, 0.1) is 0 Å². The van der Waals surface area contributed by atoms with Gasteiger partial charge in [-0.1, -0.05) is 11.6 Å². The number of urea groups is 1. The molecule has 1 aliphatic heterocycles. The molecule has 88 valence electrons. The number of halogens is 2. The molecule has 0 aromatic heterocycles. The molecule has 16 heavy (non-hydrogen) atoms. The van der Waals surface area contributed by atoms with E-state index >= 15 is 0 Å². The van der Waals surface area contributed by atoms with Gasteiger partial charge in [-0.05, 0) is 24.3 Å². The number of likely N-dealkylation sites (tertiary alicyclic amines) is 1. The van der Waals surface area contributed by atoms with Crippen LogP contribution in [0.1, 0.15) is 12.8 Å². The van der Waals surface area contributed by atoms with Crippen LogP contribution in [0.4, 0.5) is 10.5 Å². The normalized spacial score (nSPS) is 15.6. The predicted molar refractivity (Wildman–Crippen MR) is 60.4 cm³/mol. The number of carbonyl (C=O) groups is 1. The number of benzene rings is 1. The summed E-state index contributed by atoms with van der Waals surface area (Å²) in [6, 6.07) is 7.24. The van der Waals surface area contributed by atoms with Crippen LogP contribution in [0.25, 0.3) is 0 Å². The zero-order valence-corrected chi connectivity index (χ0v) is 10.3. The van der Waals surface area contributed by atoms with Crippen molar-refractivity contribution < 1.29 is 22.1 Å². The summed E-state index contributed by atoms with van der Waals surface area (Å²) >= 11 is 5.76. The van der Waals surface area contributed by atoms with Gasteiger partial charge in [-0.25, -0.2) is 4.79 Å². The van der Waals surface area contributed by atoms with E-state index in [0.717, 1.165) is 36.5 Å². The molecule has 2 amide bonds. The maximum atomic E-state index is 11.7. The van der Waals surface area contributed by atoms with Gasteiger partial charge < -0.3 is 12.4 Å². The Morgan fingerprint density at radius 2 is 1.75 bits per heavy atom. The zero-order valence-electron chi connectivity index (χ0n) is 8.80. The molecule has 5 heteroatoms. The van der Waals surface area contributed by atoms with Gasteiger partial charge in [0, 0.05) is 23.6 Å². The molecule has 1 fully saturated rings. The lowest BCUT2D eigenvalue weighted by Gasteiger charge is -2.10. The van der Waals surface area contributed by atoms with Gasteiger partial charge in [0.2, 0.25) is 0 Å². The smallest absolute Gasteiger partial charge is 0.419 e. The Hall–Kier alpha value is -0.770. The number of carbonyl (C=O) groups excluding carboxylic acids is 1. The SMILES string of the molecule is O=C(Nc1ccc(Cl)cc1)[NH+]1CCCC1.[Cl-]. The Bertz CT molecular complexity index is 348. The van der Waals surface area contributed by atoms with Gasteiger partial charge in [-0.2, -0.15) is 0 Å². The minimum atomic E-state index is 0. The van der Waals surface area contributed by atoms with E-state index < -0.39 is 0 Å². The van der Waals surface area contributed by atoms with E-state index in [9.17, 15) is 4.79 Å². The van der Waals surface area contributed by atoms with Gasteiger partial charge in [0.1, 0.15) is 0 Å². The number of nitrogens with one attached hydrogen (secondary N) is 2. The first-order chi connectivity index (χ1) is 7.25. The van der Waals surface area contributed by atoms with Gasteiger partial charge in [-0.15, -0.1) is 0 Å². The van der Waals surface area contributed by atoms with Crippen LogP contribution < -0.4 is 22.6 Å². The van der Waals surface area contributed by atoms with Crippen molar-refractivity contribution in [3.05, 3.63) is 29.3 Å². The molecular formula is C11H14Cl2N2O. The minimum Gasteiger partial charge on any atom is -1.00 e. The van der Waals surface area contributed by atoms with Gasteiger partial charge in [-0.3, -0.25) is 10.2 Å². The Balaban J connectivity index is 0.00000128. The molecule has 0 unspecified atom stereocenters.